The van der Waals surface area contributed by atoms with Gasteiger partial charge in [-0.15, -0.1) is 0 Å². The lowest BCUT2D eigenvalue weighted by atomic mass is 9.98. The molecule has 41 heavy (non-hydrogen) atoms. The summed E-state index contributed by atoms with van der Waals surface area (Å²) in [5.41, 5.74) is 5.31. The van der Waals surface area contributed by atoms with E-state index in [1.807, 2.05) is 74.5 Å². The van der Waals surface area contributed by atoms with Gasteiger partial charge in [0, 0.05) is 57.9 Å². The van der Waals surface area contributed by atoms with Gasteiger partial charge in [0.15, 0.2) is 0 Å². The Morgan fingerprint density at radius 1 is 0.927 bits per heavy atom. The van der Waals surface area contributed by atoms with Crippen LogP contribution in [0.5, 0.6) is 0 Å². The molecule has 3 aromatic carbocycles. The number of benzene rings is 3. The summed E-state index contributed by atoms with van der Waals surface area (Å²) in [6, 6.07) is 20.1. The molecule has 8 nitrogen and oxygen atoms in total. The van der Waals surface area contributed by atoms with Crippen molar-refractivity contribution in [3.8, 4) is 11.1 Å². The highest BCUT2D eigenvalue weighted by Gasteiger charge is 2.23. The molecule has 0 bridgehead atoms. The van der Waals surface area contributed by atoms with Crippen molar-refractivity contribution in [2.24, 2.45) is 0 Å². The molecule has 1 amide bonds. The fraction of sp³-hybridized carbons (Fsp3) is 0.182. The maximum Gasteiger partial charge on any atom is 0.339 e. The third-order valence-corrected chi connectivity index (χ3v) is 7.67. The molecule has 206 valence electrons. The number of rotatable bonds is 8. The number of carboxylic acids is 1. The van der Waals surface area contributed by atoms with Gasteiger partial charge in [0.2, 0.25) is 5.91 Å². The third-order valence-electron chi connectivity index (χ3n) is 7.67. The zero-order valence-electron chi connectivity index (χ0n) is 22.6. The number of hydrogen-bond acceptors (Lipinski definition) is 5. The smallest absolute Gasteiger partial charge is 0.339 e. The summed E-state index contributed by atoms with van der Waals surface area (Å²) in [7, 11) is 0. The Labute approximate surface area is 234 Å². The fourth-order valence-corrected chi connectivity index (χ4v) is 5.58. The first-order valence-corrected chi connectivity index (χ1v) is 13.4. The average molecular weight is 549 g/mol. The maximum atomic E-state index is 12.9. The van der Waals surface area contributed by atoms with Gasteiger partial charge >= 0.3 is 11.6 Å². The van der Waals surface area contributed by atoms with E-state index in [9.17, 15) is 19.5 Å². The monoisotopic (exact) mass is 548 g/mol. The van der Waals surface area contributed by atoms with Crippen LogP contribution < -0.4 is 10.9 Å². The Morgan fingerprint density at radius 2 is 1.66 bits per heavy atom. The number of aryl methyl sites for hydroxylation is 2. The fourth-order valence-electron chi connectivity index (χ4n) is 5.58. The van der Waals surface area contributed by atoms with Crippen LogP contribution in [0, 0.1) is 13.8 Å². The highest BCUT2D eigenvalue weighted by Crippen LogP contribution is 2.37. The predicted molar refractivity (Wildman–Crippen MR) is 157 cm³/mol. The number of H-pyrrole nitrogens is 1. The van der Waals surface area contributed by atoms with E-state index in [1.165, 1.54) is 0 Å². The standard InChI is InChI=1S/C33H28N2O6/c1-18-22(12-13-30(36)35-27(32(37)38)14-21-17-34-26-11-7-6-10-23(21)26)33(39)41-28-16-29-25(15-24(18)28)31(19(2)40-29)20-8-4-3-5-9-20/h3-11,15-17,27,34H,12-14H2,1-2H3,(H,35,36)(H,37,38). The normalized spacial score (nSPS) is 12.2. The van der Waals surface area contributed by atoms with Crippen LogP contribution in [0.25, 0.3) is 44.0 Å². The predicted octanol–water partition coefficient (Wildman–Crippen LogP) is 6.05. The Bertz CT molecular complexity index is 2000. The van der Waals surface area contributed by atoms with Crippen molar-refractivity contribution in [1.29, 1.82) is 0 Å². The van der Waals surface area contributed by atoms with Crippen LogP contribution in [-0.2, 0) is 22.4 Å². The first-order valence-electron chi connectivity index (χ1n) is 13.4. The van der Waals surface area contributed by atoms with Crippen molar-refractivity contribution in [3.05, 3.63) is 106 Å². The molecule has 3 N–H and O–H groups in total. The van der Waals surface area contributed by atoms with Gasteiger partial charge in [-0.25, -0.2) is 9.59 Å². The van der Waals surface area contributed by atoms with E-state index in [-0.39, 0.29) is 19.3 Å². The first-order chi connectivity index (χ1) is 19.8. The van der Waals surface area contributed by atoms with Crippen LogP contribution in [0.3, 0.4) is 0 Å². The molecule has 0 aliphatic rings. The molecule has 0 saturated heterocycles. The SMILES string of the molecule is Cc1oc2cc3oc(=O)c(CCC(=O)NC(Cc4c[nH]c5ccccc45)C(=O)O)c(C)c3cc2c1-c1ccccc1. The van der Waals surface area contributed by atoms with Crippen LogP contribution >= 0.6 is 0 Å². The van der Waals surface area contributed by atoms with Crippen LogP contribution in [-0.4, -0.2) is 28.0 Å². The molecule has 0 aliphatic heterocycles. The van der Waals surface area contributed by atoms with E-state index in [1.54, 1.807) is 12.3 Å². The molecule has 1 atom stereocenters. The van der Waals surface area contributed by atoms with Crippen molar-refractivity contribution >= 4 is 44.7 Å². The second-order valence-corrected chi connectivity index (χ2v) is 10.3. The number of nitrogens with one attached hydrogen (secondary N) is 2. The van der Waals surface area contributed by atoms with Crippen LogP contribution in [0.15, 0.2) is 86.6 Å². The lowest BCUT2D eigenvalue weighted by Crippen LogP contribution is -2.42. The second-order valence-electron chi connectivity index (χ2n) is 10.3. The molecule has 8 heteroatoms. The topological polar surface area (TPSA) is 126 Å². The van der Waals surface area contributed by atoms with Crippen molar-refractivity contribution in [2.75, 3.05) is 0 Å². The lowest BCUT2D eigenvalue weighted by molar-refractivity contribution is -0.141. The quantitative estimate of drug-likeness (QED) is 0.199. The van der Waals surface area contributed by atoms with Crippen molar-refractivity contribution in [3.63, 3.8) is 0 Å². The molecule has 0 saturated carbocycles. The zero-order valence-corrected chi connectivity index (χ0v) is 22.6. The molecule has 0 radical (unpaired) electrons. The Balaban J connectivity index is 1.25. The highest BCUT2D eigenvalue weighted by atomic mass is 16.4. The molecule has 6 aromatic rings. The number of carboxylic acid groups (broad SMARTS) is 1. The van der Waals surface area contributed by atoms with Gasteiger partial charge < -0.3 is 24.2 Å². The zero-order chi connectivity index (χ0) is 28.7. The highest BCUT2D eigenvalue weighted by molar-refractivity contribution is 6.03. The van der Waals surface area contributed by atoms with Gasteiger partial charge in [0.1, 0.15) is 23.0 Å². The van der Waals surface area contributed by atoms with E-state index in [4.69, 9.17) is 8.83 Å². The van der Waals surface area contributed by atoms with Gasteiger partial charge in [-0.1, -0.05) is 48.5 Å². The van der Waals surface area contributed by atoms with E-state index in [0.29, 0.717) is 16.7 Å². The number of aliphatic carboxylic acids is 1. The molecule has 0 spiro atoms. The third kappa shape index (κ3) is 4.89. The number of furan rings is 1. The summed E-state index contributed by atoms with van der Waals surface area (Å²) in [6.45, 7) is 3.74. The van der Waals surface area contributed by atoms with Crippen molar-refractivity contribution in [2.45, 2.75) is 39.2 Å². The van der Waals surface area contributed by atoms with E-state index in [0.717, 1.165) is 49.7 Å². The number of hydrogen-bond donors (Lipinski definition) is 3. The first kappa shape index (κ1) is 26.1. The molecule has 6 rings (SSSR count). The molecule has 3 heterocycles. The minimum atomic E-state index is -1.13. The lowest BCUT2D eigenvalue weighted by Gasteiger charge is -2.14. The molecule has 0 aliphatic carbocycles. The number of aromatic amines is 1. The summed E-state index contributed by atoms with van der Waals surface area (Å²) in [5, 5.41) is 15.0. The summed E-state index contributed by atoms with van der Waals surface area (Å²) >= 11 is 0. The molecule has 1 unspecified atom stereocenters. The Kier molecular flexibility index (Phi) is 6.67. The second kappa shape index (κ2) is 10.5. The Morgan fingerprint density at radius 3 is 2.44 bits per heavy atom. The van der Waals surface area contributed by atoms with Gasteiger partial charge in [-0.2, -0.15) is 0 Å². The van der Waals surface area contributed by atoms with Crippen LogP contribution in [0.2, 0.25) is 0 Å². The molecular weight excluding hydrogens is 520 g/mol. The van der Waals surface area contributed by atoms with E-state index < -0.39 is 23.5 Å². The van der Waals surface area contributed by atoms with Crippen molar-refractivity contribution < 1.29 is 23.5 Å². The van der Waals surface area contributed by atoms with Crippen LogP contribution in [0.1, 0.15) is 28.9 Å². The molecular formula is C33H28N2O6. The number of carbonyl (C=O) groups is 2. The number of amides is 1. The Hall–Kier alpha value is -5.11. The average Bonchev–Trinajstić information content (AvgIpc) is 3.51. The van der Waals surface area contributed by atoms with Gasteiger partial charge in [0.25, 0.3) is 0 Å². The maximum absolute atomic E-state index is 12.9. The summed E-state index contributed by atoms with van der Waals surface area (Å²) < 4.78 is 11.7. The number of carbonyl (C=O) groups excluding carboxylic acids is 1. The summed E-state index contributed by atoms with van der Waals surface area (Å²) in [4.78, 5) is 40.9. The van der Waals surface area contributed by atoms with Gasteiger partial charge in [-0.3, -0.25) is 4.79 Å². The van der Waals surface area contributed by atoms with Crippen LogP contribution in [0.4, 0.5) is 0 Å². The number of para-hydroxylation sites is 1. The molecule has 0 fully saturated rings. The number of aromatic nitrogens is 1. The molecule has 3 aromatic heterocycles. The summed E-state index contributed by atoms with van der Waals surface area (Å²) in [6.07, 6.45) is 1.95. The summed E-state index contributed by atoms with van der Waals surface area (Å²) in [5.74, 6) is -0.818. The van der Waals surface area contributed by atoms with E-state index >= 15 is 0 Å². The van der Waals surface area contributed by atoms with E-state index in [2.05, 4.69) is 10.3 Å². The minimum absolute atomic E-state index is 0.0584. The largest absolute Gasteiger partial charge is 0.480 e. The van der Waals surface area contributed by atoms with Gasteiger partial charge in [-0.05, 0) is 49.1 Å². The van der Waals surface area contributed by atoms with Crippen molar-refractivity contribution in [1.82, 2.24) is 10.3 Å². The minimum Gasteiger partial charge on any atom is -0.480 e. The number of fused-ring (bicyclic) bond motifs is 3. The van der Waals surface area contributed by atoms with Gasteiger partial charge in [0.05, 0.1) is 0 Å².